The molecule has 1 unspecified atom stereocenters. The molecule has 2 aromatic rings. The van der Waals surface area contributed by atoms with Gasteiger partial charge in [-0.1, -0.05) is 0 Å². The van der Waals surface area contributed by atoms with Crippen molar-refractivity contribution in [3.8, 4) is 0 Å². The van der Waals surface area contributed by atoms with E-state index in [1.165, 1.54) is 12.4 Å². The second-order valence-corrected chi connectivity index (χ2v) is 4.61. The van der Waals surface area contributed by atoms with Gasteiger partial charge in [-0.05, 0) is 6.92 Å². The number of halogens is 3. The predicted octanol–water partition coefficient (Wildman–Crippen LogP) is 1.13. The average Bonchev–Trinajstić information content (AvgIpc) is 2.82. The lowest BCUT2D eigenvalue weighted by molar-refractivity contribution is -0.141. The lowest BCUT2D eigenvalue weighted by atomic mass is 10.3. The van der Waals surface area contributed by atoms with Crippen LogP contribution in [-0.2, 0) is 6.18 Å². The number of aromatic nitrogens is 3. The zero-order valence-corrected chi connectivity index (χ0v) is 11.4. The van der Waals surface area contributed by atoms with Gasteiger partial charge >= 0.3 is 6.18 Å². The molecule has 2 heterocycles. The van der Waals surface area contributed by atoms with E-state index < -0.39 is 18.0 Å². The Kier molecular flexibility index (Phi) is 4.63. The molecule has 2 aromatic heterocycles. The molecule has 6 nitrogen and oxygen atoms in total. The molecule has 0 bridgehead atoms. The van der Waals surface area contributed by atoms with E-state index in [0.717, 1.165) is 10.6 Å². The molecular formula is C12H16F3N5O. The Morgan fingerprint density at radius 1 is 1.38 bits per heavy atom. The van der Waals surface area contributed by atoms with Crippen LogP contribution in [0.15, 0.2) is 18.5 Å². The number of nitrogens with zero attached hydrogens (tertiary/aromatic N) is 3. The van der Waals surface area contributed by atoms with Gasteiger partial charge in [-0.25, -0.2) is 9.50 Å². The number of alkyl halides is 3. The summed E-state index contributed by atoms with van der Waals surface area (Å²) in [6, 6.07) is 0.957. The molecular weight excluding hydrogens is 287 g/mol. The van der Waals surface area contributed by atoms with Crippen molar-refractivity contribution in [1.82, 2.24) is 19.9 Å². The molecule has 116 valence electrons. The highest BCUT2D eigenvalue weighted by molar-refractivity contribution is 5.67. The molecule has 9 heteroatoms. The second-order valence-electron chi connectivity index (χ2n) is 4.61. The highest BCUT2D eigenvalue weighted by Gasteiger charge is 2.34. The smallest absolute Gasteiger partial charge is 0.392 e. The topological polar surface area (TPSA) is 74.5 Å². The zero-order chi connectivity index (χ0) is 15.5. The van der Waals surface area contributed by atoms with E-state index in [0.29, 0.717) is 25.5 Å². The molecule has 1 atom stereocenters. The summed E-state index contributed by atoms with van der Waals surface area (Å²) in [6.45, 7) is 3.12. The summed E-state index contributed by atoms with van der Waals surface area (Å²) in [6.07, 6.45) is -2.19. The Morgan fingerprint density at radius 3 is 2.81 bits per heavy atom. The Bertz CT molecular complexity index is 596. The van der Waals surface area contributed by atoms with Crippen LogP contribution in [0, 0.1) is 0 Å². The number of hydrogen-bond donors (Lipinski definition) is 3. The van der Waals surface area contributed by atoms with E-state index in [9.17, 15) is 13.2 Å². The zero-order valence-electron chi connectivity index (χ0n) is 11.4. The van der Waals surface area contributed by atoms with Gasteiger partial charge in [-0.2, -0.15) is 18.3 Å². The fraction of sp³-hybridized carbons (Fsp3) is 0.500. The molecule has 0 amide bonds. The van der Waals surface area contributed by atoms with Crippen molar-refractivity contribution >= 4 is 11.3 Å². The van der Waals surface area contributed by atoms with Crippen molar-refractivity contribution in [1.29, 1.82) is 0 Å². The first-order chi connectivity index (χ1) is 9.88. The van der Waals surface area contributed by atoms with Crippen LogP contribution in [0.5, 0.6) is 0 Å². The van der Waals surface area contributed by atoms with Crippen molar-refractivity contribution in [3.63, 3.8) is 0 Å². The molecule has 0 fully saturated rings. The second kappa shape index (κ2) is 6.27. The summed E-state index contributed by atoms with van der Waals surface area (Å²) in [4.78, 5) is 4.02. The summed E-state index contributed by atoms with van der Waals surface area (Å²) in [7, 11) is 0. The maximum absolute atomic E-state index is 12.6. The number of fused-ring (bicyclic) bond motifs is 1. The molecule has 0 saturated carbocycles. The predicted molar refractivity (Wildman–Crippen MR) is 71.0 cm³/mol. The van der Waals surface area contributed by atoms with Gasteiger partial charge in [0.2, 0.25) is 0 Å². The molecule has 0 saturated heterocycles. The van der Waals surface area contributed by atoms with Gasteiger partial charge in [0, 0.05) is 38.1 Å². The van der Waals surface area contributed by atoms with Crippen LogP contribution in [0.25, 0.3) is 5.52 Å². The van der Waals surface area contributed by atoms with Crippen LogP contribution < -0.4 is 10.6 Å². The highest BCUT2D eigenvalue weighted by atomic mass is 19.4. The van der Waals surface area contributed by atoms with Gasteiger partial charge < -0.3 is 15.7 Å². The molecule has 0 aliphatic rings. The van der Waals surface area contributed by atoms with Gasteiger partial charge in [-0.15, -0.1) is 0 Å². The Labute approximate surface area is 119 Å². The molecule has 3 N–H and O–H groups in total. The first-order valence-corrected chi connectivity index (χ1v) is 6.42. The summed E-state index contributed by atoms with van der Waals surface area (Å²) < 4.78 is 39.0. The van der Waals surface area contributed by atoms with Crippen LogP contribution >= 0.6 is 0 Å². The van der Waals surface area contributed by atoms with E-state index in [1.807, 2.05) is 0 Å². The summed E-state index contributed by atoms with van der Waals surface area (Å²) in [5.41, 5.74) is -0.689. The maximum atomic E-state index is 12.6. The number of hydrogen-bond acceptors (Lipinski definition) is 5. The van der Waals surface area contributed by atoms with Gasteiger partial charge in [0.15, 0.2) is 11.5 Å². The molecule has 2 rings (SSSR count). The van der Waals surface area contributed by atoms with E-state index in [1.54, 1.807) is 6.92 Å². The molecule has 21 heavy (non-hydrogen) atoms. The Balaban J connectivity index is 2.04. The number of nitrogens with one attached hydrogen (secondary N) is 2. The third-order valence-corrected chi connectivity index (χ3v) is 2.71. The standard InChI is InChI=1S/C12H16F3N5O/c1-8(21)7-16-2-3-17-11-9-6-10(12(13,14)15)19-20(9)5-4-18-11/h4-6,8,16,21H,2-3,7H2,1H3,(H,17,18). The lowest BCUT2D eigenvalue weighted by Gasteiger charge is -2.09. The van der Waals surface area contributed by atoms with E-state index in [2.05, 4.69) is 20.7 Å². The summed E-state index contributed by atoms with van der Waals surface area (Å²) in [5, 5.41) is 18.5. The number of aliphatic hydroxyl groups is 1. The largest absolute Gasteiger partial charge is 0.435 e. The van der Waals surface area contributed by atoms with Crippen molar-refractivity contribution in [2.24, 2.45) is 0 Å². The van der Waals surface area contributed by atoms with Gasteiger partial charge in [0.25, 0.3) is 0 Å². The lowest BCUT2D eigenvalue weighted by Crippen LogP contribution is -2.29. The number of aliphatic hydroxyl groups excluding tert-OH is 1. The minimum absolute atomic E-state index is 0.264. The quantitative estimate of drug-likeness (QED) is 0.698. The Hall–Kier alpha value is -1.87. The third kappa shape index (κ3) is 4.05. The first kappa shape index (κ1) is 15.5. The first-order valence-electron chi connectivity index (χ1n) is 6.42. The van der Waals surface area contributed by atoms with Gasteiger partial charge in [-0.3, -0.25) is 0 Å². The van der Waals surface area contributed by atoms with Crippen molar-refractivity contribution in [3.05, 3.63) is 24.2 Å². The van der Waals surface area contributed by atoms with E-state index in [4.69, 9.17) is 5.11 Å². The monoisotopic (exact) mass is 303 g/mol. The molecule has 0 radical (unpaired) electrons. The van der Waals surface area contributed by atoms with Crippen molar-refractivity contribution in [2.75, 3.05) is 25.0 Å². The number of anilines is 1. The van der Waals surface area contributed by atoms with Gasteiger partial charge in [0.05, 0.1) is 6.10 Å². The van der Waals surface area contributed by atoms with E-state index >= 15 is 0 Å². The van der Waals surface area contributed by atoms with Crippen LogP contribution in [-0.4, -0.2) is 45.4 Å². The normalized spacial score (nSPS) is 13.6. The van der Waals surface area contributed by atoms with Crippen molar-refractivity contribution < 1.29 is 18.3 Å². The minimum Gasteiger partial charge on any atom is -0.392 e. The molecule has 0 aliphatic heterocycles. The Morgan fingerprint density at radius 2 is 2.14 bits per heavy atom. The fourth-order valence-corrected chi connectivity index (χ4v) is 1.78. The van der Waals surface area contributed by atoms with Crippen LogP contribution in [0.4, 0.5) is 19.0 Å². The molecule has 0 spiro atoms. The maximum Gasteiger partial charge on any atom is 0.435 e. The molecule has 0 aromatic carbocycles. The van der Waals surface area contributed by atoms with E-state index in [-0.39, 0.29) is 5.52 Å². The van der Waals surface area contributed by atoms with Crippen LogP contribution in [0.1, 0.15) is 12.6 Å². The number of rotatable bonds is 6. The molecule has 0 aliphatic carbocycles. The van der Waals surface area contributed by atoms with Gasteiger partial charge in [0.1, 0.15) is 5.52 Å². The SMILES string of the molecule is CC(O)CNCCNc1nccn2nc(C(F)(F)F)cc12. The summed E-state index contributed by atoms with van der Waals surface area (Å²) in [5.74, 6) is 0.333. The van der Waals surface area contributed by atoms with Crippen LogP contribution in [0.2, 0.25) is 0 Å². The van der Waals surface area contributed by atoms with Crippen molar-refractivity contribution in [2.45, 2.75) is 19.2 Å². The fourth-order valence-electron chi connectivity index (χ4n) is 1.78. The highest BCUT2D eigenvalue weighted by Crippen LogP contribution is 2.29. The average molecular weight is 303 g/mol. The third-order valence-electron chi connectivity index (χ3n) is 2.71. The summed E-state index contributed by atoms with van der Waals surface area (Å²) >= 11 is 0. The van der Waals surface area contributed by atoms with Crippen LogP contribution in [0.3, 0.4) is 0 Å². The minimum atomic E-state index is -4.48.